The summed E-state index contributed by atoms with van der Waals surface area (Å²) in [4.78, 5) is 33.5. The molecule has 3 rings (SSSR count). The number of hydrogen-bond acceptors (Lipinski definition) is 6. The van der Waals surface area contributed by atoms with Gasteiger partial charge in [0.1, 0.15) is 5.82 Å². The van der Waals surface area contributed by atoms with Gasteiger partial charge < -0.3 is 10.2 Å². The van der Waals surface area contributed by atoms with Crippen molar-refractivity contribution in [3.05, 3.63) is 52.5 Å². The van der Waals surface area contributed by atoms with E-state index < -0.39 is 41.2 Å². The number of aliphatic imine (C=N–C) groups is 1. The number of benzene rings is 1. The number of nitrogens with zero attached hydrogens (tertiary/aromatic N) is 3. The summed E-state index contributed by atoms with van der Waals surface area (Å²) in [5.74, 6) is -3.87. The van der Waals surface area contributed by atoms with E-state index in [1.807, 2.05) is 0 Å². The van der Waals surface area contributed by atoms with Crippen molar-refractivity contribution in [2.75, 3.05) is 7.05 Å². The number of ketones is 1. The van der Waals surface area contributed by atoms with Crippen LogP contribution in [0.4, 0.5) is 17.6 Å². The van der Waals surface area contributed by atoms with Crippen LogP contribution in [-0.4, -0.2) is 34.6 Å². The molecule has 2 aromatic rings. The van der Waals surface area contributed by atoms with Gasteiger partial charge in [-0.05, 0) is 24.6 Å². The number of aryl methyl sites for hydroxylation is 1. The van der Waals surface area contributed by atoms with Crippen LogP contribution in [0, 0.1) is 12.7 Å². The zero-order valence-electron chi connectivity index (χ0n) is 16.3. The third-order valence-corrected chi connectivity index (χ3v) is 4.81. The fourth-order valence-corrected chi connectivity index (χ4v) is 3.24. The molecule has 0 spiro atoms. The lowest BCUT2D eigenvalue weighted by Gasteiger charge is -2.34. The quantitative estimate of drug-likeness (QED) is 0.598. The molecule has 0 fully saturated rings. The van der Waals surface area contributed by atoms with Gasteiger partial charge >= 0.3 is 6.18 Å². The second kappa shape index (κ2) is 7.22. The Morgan fingerprint density at radius 1 is 1.37 bits per heavy atom. The van der Waals surface area contributed by atoms with Gasteiger partial charge in [0.25, 0.3) is 0 Å². The summed E-state index contributed by atoms with van der Waals surface area (Å²) in [6.07, 6.45) is -5.53. The van der Waals surface area contributed by atoms with E-state index in [9.17, 15) is 27.2 Å². The average Bonchev–Trinajstić information content (AvgIpc) is 3.03. The number of carbonyl (C=O) groups excluding carboxylic acids is 2. The van der Waals surface area contributed by atoms with Gasteiger partial charge in [-0.1, -0.05) is 6.07 Å². The Hall–Kier alpha value is -3.24. The van der Waals surface area contributed by atoms with Gasteiger partial charge in [-0.15, -0.1) is 0 Å². The van der Waals surface area contributed by atoms with E-state index in [1.165, 1.54) is 33.0 Å². The molecule has 2 heterocycles. The minimum Gasteiger partial charge on any atom is -0.436 e. The van der Waals surface area contributed by atoms with Gasteiger partial charge in [-0.3, -0.25) is 14.5 Å². The number of Topliss-reactive ketones (excluding diaryl/α,β-unsaturated/α-hetero) is 1. The number of carbonyl (C=O) groups is 2. The van der Waals surface area contributed by atoms with Crippen molar-refractivity contribution in [1.29, 1.82) is 0 Å². The molecule has 1 aliphatic heterocycles. The van der Waals surface area contributed by atoms with Crippen molar-refractivity contribution < 1.29 is 31.6 Å². The molecule has 1 aromatic heterocycles. The summed E-state index contributed by atoms with van der Waals surface area (Å²) >= 11 is 0. The van der Waals surface area contributed by atoms with Crippen molar-refractivity contribution in [3.8, 4) is 0 Å². The predicted octanol–water partition coefficient (Wildman–Crippen LogP) is 2.96. The van der Waals surface area contributed by atoms with Crippen LogP contribution in [0.2, 0.25) is 0 Å². The van der Waals surface area contributed by atoms with Crippen LogP contribution in [0.3, 0.4) is 0 Å². The summed E-state index contributed by atoms with van der Waals surface area (Å²) in [6.45, 7) is 2.71. The van der Waals surface area contributed by atoms with Gasteiger partial charge in [0.2, 0.25) is 11.7 Å². The number of nitrogens with two attached hydrogens (primary N) is 1. The maximum absolute atomic E-state index is 14.5. The molecular weight excluding hydrogens is 408 g/mol. The Balaban J connectivity index is 1.96. The number of aromatic nitrogens is 1. The highest BCUT2D eigenvalue weighted by molar-refractivity contribution is 5.99. The molecule has 0 saturated heterocycles. The molecule has 1 aliphatic rings. The number of hydrogen-bond donors (Lipinski definition) is 1. The monoisotopic (exact) mass is 426 g/mol. The Bertz CT molecular complexity index is 1060. The number of guanidine groups is 1. The van der Waals surface area contributed by atoms with E-state index in [0.717, 1.165) is 11.0 Å². The van der Waals surface area contributed by atoms with Crippen molar-refractivity contribution in [3.63, 3.8) is 0 Å². The number of halogens is 4. The summed E-state index contributed by atoms with van der Waals surface area (Å²) < 4.78 is 58.3. The highest BCUT2D eigenvalue weighted by atomic mass is 19.4. The molecule has 0 bridgehead atoms. The second-order valence-electron chi connectivity index (χ2n) is 7.20. The predicted molar refractivity (Wildman–Crippen MR) is 97.0 cm³/mol. The molecule has 2 N–H and O–H groups in total. The Morgan fingerprint density at radius 3 is 2.63 bits per heavy atom. The molecule has 1 atom stereocenters. The van der Waals surface area contributed by atoms with Gasteiger partial charge in [0, 0.05) is 26.0 Å². The van der Waals surface area contributed by atoms with Gasteiger partial charge in [0.15, 0.2) is 23.3 Å². The fourth-order valence-electron chi connectivity index (χ4n) is 3.24. The molecule has 11 heteroatoms. The molecule has 1 aromatic carbocycles. The van der Waals surface area contributed by atoms with Crippen LogP contribution in [0.25, 0.3) is 0 Å². The number of rotatable bonds is 4. The Morgan fingerprint density at radius 2 is 2.03 bits per heavy atom. The van der Waals surface area contributed by atoms with E-state index in [2.05, 4.69) is 14.4 Å². The smallest absolute Gasteiger partial charge is 0.436 e. The number of oxazole rings is 1. The first-order valence-electron chi connectivity index (χ1n) is 8.80. The van der Waals surface area contributed by atoms with Crippen LogP contribution in [-0.2, 0) is 22.9 Å². The maximum atomic E-state index is 14.5. The van der Waals surface area contributed by atoms with E-state index in [-0.39, 0.29) is 35.3 Å². The second-order valence-corrected chi connectivity index (χ2v) is 7.20. The highest BCUT2D eigenvalue weighted by Crippen LogP contribution is 2.36. The minimum absolute atomic E-state index is 0.00424. The minimum atomic E-state index is -4.88. The first-order valence-corrected chi connectivity index (χ1v) is 8.80. The molecular formula is C19H18F4N4O3. The molecule has 1 amide bonds. The Labute approximate surface area is 168 Å². The summed E-state index contributed by atoms with van der Waals surface area (Å²) in [7, 11) is 1.43. The standard InChI is InChI=1S/C19H18F4N4O3/c1-9-25-15(16(30-9)19(21,22)23)13(28)7-10-4-5-12(20)11(6-10)18(2)8-14(29)27(3)17(24)26-18/h4-6H,7-8H2,1-3H3,(H2,24,26). The zero-order chi connectivity index (χ0) is 22.4. The van der Waals surface area contributed by atoms with Crippen LogP contribution < -0.4 is 5.73 Å². The van der Waals surface area contributed by atoms with Gasteiger partial charge in [0.05, 0.1) is 12.0 Å². The summed E-state index contributed by atoms with van der Waals surface area (Å²) in [6, 6.07) is 3.63. The third-order valence-electron chi connectivity index (χ3n) is 4.81. The first-order chi connectivity index (χ1) is 13.8. The van der Waals surface area contributed by atoms with Crippen molar-refractivity contribution in [1.82, 2.24) is 9.88 Å². The van der Waals surface area contributed by atoms with Gasteiger partial charge in [-0.25, -0.2) is 14.4 Å². The molecule has 30 heavy (non-hydrogen) atoms. The topological polar surface area (TPSA) is 102 Å². The number of alkyl halides is 3. The molecule has 7 nitrogen and oxygen atoms in total. The maximum Gasteiger partial charge on any atom is 0.452 e. The van der Waals surface area contributed by atoms with E-state index >= 15 is 0 Å². The van der Waals surface area contributed by atoms with Crippen LogP contribution >= 0.6 is 0 Å². The lowest BCUT2D eigenvalue weighted by atomic mass is 9.85. The summed E-state index contributed by atoms with van der Waals surface area (Å²) in [5.41, 5.74) is 3.81. The molecule has 160 valence electrons. The number of amides is 1. The molecule has 1 unspecified atom stereocenters. The van der Waals surface area contributed by atoms with Crippen molar-refractivity contribution in [2.45, 2.75) is 38.4 Å². The molecule has 0 aliphatic carbocycles. The zero-order valence-corrected chi connectivity index (χ0v) is 16.3. The van der Waals surface area contributed by atoms with Gasteiger partial charge in [-0.2, -0.15) is 13.2 Å². The van der Waals surface area contributed by atoms with E-state index in [4.69, 9.17) is 5.73 Å². The van der Waals surface area contributed by atoms with Crippen molar-refractivity contribution >= 4 is 17.6 Å². The molecule has 0 saturated carbocycles. The fraction of sp³-hybridized carbons (Fsp3) is 0.368. The lowest BCUT2D eigenvalue weighted by molar-refractivity contribution is -0.153. The first kappa shape index (κ1) is 21.5. The highest BCUT2D eigenvalue weighted by Gasteiger charge is 2.41. The molecule has 0 radical (unpaired) electrons. The average molecular weight is 426 g/mol. The third kappa shape index (κ3) is 3.91. The Kier molecular flexibility index (Phi) is 5.17. The van der Waals surface area contributed by atoms with Crippen LogP contribution in [0.15, 0.2) is 27.6 Å². The largest absolute Gasteiger partial charge is 0.452 e. The lowest BCUT2D eigenvalue weighted by Crippen LogP contribution is -2.47. The van der Waals surface area contributed by atoms with E-state index in [1.54, 1.807) is 0 Å². The van der Waals surface area contributed by atoms with Crippen LogP contribution in [0.5, 0.6) is 0 Å². The SMILES string of the molecule is Cc1nc(C(=O)Cc2ccc(F)c(C3(C)CC(=O)N(C)C(N)=N3)c2)c(C(F)(F)F)o1. The normalized spacial score (nSPS) is 19.8. The van der Waals surface area contributed by atoms with Crippen molar-refractivity contribution in [2.24, 2.45) is 10.7 Å². The van der Waals surface area contributed by atoms with E-state index in [0.29, 0.717) is 0 Å². The summed E-state index contributed by atoms with van der Waals surface area (Å²) in [5, 5.41) is 0. The van der Waals surface area contributed by atoms with Crippen LogP contribution in [0.1, 0.15) is 46.6 Å².